The van der Waals surface area contributed by atoms with Crippen LogP contribution in [0.5, 0.6) is 0 Å². The van der Waals surface area contributed by atoms with Crippen LogP contribution in [0, 0.1) is 0 Å². The number of anilines is 1. The molecule has 17 heavy (non-hydrogen) atoms. The van der Waals surface area contributed by atoms with E-state index in [2.05, 4.69) is 0 Å². The van der Waals surface area contributed by atoms with Crippen LogP contribution in [-0.4, -0.2) is 25.9 Å². The molecule has 0 unspecified atom stereocenters. The standard InChI is InChI=1S/C6H7NO6S2.2Na/c8-14(9,10)6-3-1-2-5(4-6)7-15(11,12)13;;/h1-4,7H,(H,8,9,10)(H,11,12,13);;/q;2*+1/p-2. The van der Waals surface area contributed by atoms with Crippen molar-refractivity contribution in [2.45, 2.75) is 4.90 Å². The van der Waals surface area contributed by atoms with Gasteiger partial charge in [0.15, 0.2) is 10.3 Å². The van der Waals surface area contributed by atoms with Gasteiger partial charge in [0.1, 0.15) is 10.1 Å². The van der Waals surface area contributed by atoms with E-state index in [1.807, 2.05) is 0 Å². The summed E-state index contributed by atoms with van der Waals surface area (Å²) in [7, 11) is -9.40. The first kappa shape index (κ1) is 20.2. The molecule has 1 N–H and O–H groups in total. The molecule has 1 rings (SSSR count). The molecule has 0 aliphatic heterocycles. The minimum absolute atomic E-state index is 0. The predicted octanol–water partition coefficient (Wildman–Crippen LogP) is -6.53. The summed E-state index contributed by atoms with van der Waals surface area (Å²) in [5, 5.41) is 0. The number of nitrogens with one attached hydrogen (secondary N) is 1. The summed E-state index contributed by atoms with van der Waals surface area (Å²) >= 11 is 0. The fourth-order valence-electron chi connectivity index (χ4n) is 0.859. The second kappa shape index (κ2) is 7.43. The second-order valence-corrected chi connectivity index (χ2v) is 5.03. The fourth-order valence-corrected chi connectivity index (χ4v) is 1.79. The number of hydrogen-bond acceptors (Lipinski definition) is 6. The first-order chi connectivity index (χ1) is 6.68. The van der Waals surface area contributed by atoms with Crippen LogP contribution in [0.1, 0.15) is 0 Å². The van der Waals surface area contributed by atoms with Crippen molar-refractivity contribution in [3.05, 3.63) is 24.3 Å². The summed E-state index contributed by atoms with van der Waals surface area (Å²) in [6.07, 6.45) is 0. The van der Waals surface area contributed by atoms with Gasteiger partial charge in [-0.3, -0.25) is 4.72 Å². The Labute approximate surface area is 143 Å². The van der Waals surface area contributed by atoms with E-state index in [1.54, 1.807) is 0 Å². The molecule has 0 amide bonds. The third-order valence-electron chi connectivity index (χ3n) is 1.37. The van der Waals surface area contributed by atoms with Gasteiger partial charge in [-0.25, -0.2) is 16.8 Å². The average molecular weight is 297 g/mol. The Morgan fingerprint density at radius 3 is 1.94 bits per heavy atom. The molecule has 0 fully saturated rings. The van der Waals surface area contributed by atoms with Crippen LogP contribution in [0.15, 0.2) is 29.2 Å². The number of benzene rings is 1. The normalized spacial score (nSPS) is 10.9. The van der Waals surface area contributed by atoms with Crippen LogP contribution in [-0.2, 0) is 20.4 Å². The van der Waals surface area contributed by atoms with E-state index in [0.29, 0.717) is 0 Å². The SMILES string of the molecule is O=S(=O)([O-])Nc1cccc(S(=O)(=O)[O-])c1.[Na+].[Na+]. The van der Waals surface area contributed by atoms with Gasteiger partial charge < -0.3 is 9.11 Å². The van der Waals surface area contributed by atoms with Crippen LogP contribution >= 0.6 is 0 Å². The van der Waals surface area contributed by atoms with Crippen LogP contribution in [0.25, 0.3) is 0 Å². The zero-order valence-electron chi connectivity index (χ0n) is 9.08. The van der Waals surface area contributed by atoms with E-state index in [4.69, 9.17) is 0 Å². The van der Waals surface area contributed by atoms with Gasteiger partial charge in [0.25, 0.3) is 0 Å². The smallest absolute Gasteiger partial charge is 0.744 e. The quantitative estimate of drug-likeness (QED) is 0.436. The molecule has 0 saturated heterocycles. The molecule has 0 saturated carbocycles. The summed E-state index contributed by atoms with van der Waals surface area (Å²) in [5.74, 6) is 0. The summed E-state index contributed by atoms with van der Waals surface area (Å²) in [4.78, 5) is -0.615. The zero-order valence-corrected chi connectivity index (χ0v) is 14.7. The summed E-state index contributed by atoms with van der Waals surface area (Å²) in [6, 6.07) is 4.03. The predicted molar refractivity (Wildman–Crippen MR) is 47.7 cm³/mol. The third kappa shape index (κ3) is 7.78. The van der Waals surface area contributed by atoms with Gasteiger partial charge in [-0.2, -0.15) is 0 Å². The molecule has 0 atom stereocenters. The minimum atomic E-state index is -4.74. The first-order valence-corrected chi connectivity index (χ1v) is 6.30. The first-order valence-electron chi connectivity index (χ1n) is 3.48. The van der Waals surface area contributed by atoms with Crippen molar-refractivity contribution in [2.75, 3.05) is 4.72 Å². The molecule has 0 aliphatic rings. The Morgan fingerprint density at radius 1 is 1.00 bits per heavy atom. The topological polar surface area (TPSA) is 126 Å². The van der Waals surface area contributed by atoms with E-state index in [9.17, 15) is 25.9 Å². The molecule has 0 heterocycles. The van der Waals surface area contributed by atoms with E-state index in [1.165, 1.54) is 4.72 Å². The maximum absolute atomic E-state index is 10.5. The molecule has 84 valence electrons. The largest absolute Gasteiger partial charge is 1.00 e. The summed E-state index contributed by atoms with van der Waals surface area (Å²) in [6.45, 7) is 0. The third-order valence-corrected chi connectivity index (χ3v) is 2.68. The molecule has 0 bridgehead atoms. The molecular formula is C6H5NNa2O6S2. The molecule has 11 heteroatoms. The van der Waals surface area contributed by atoms with Crippen LogP contribution < -0.4 is 63.8 Å². The fraction of sp³-hybridized carbons (Fsp3) is 0. The Bertz CT molecular complexity index is 570. The van der Waals surface area contributed by atoms with Gasteiger partial charge >= 0.3 is 59.1 Å². The van der Waals surface area contributed by atoms with Crippen LogP contribution in [0.2, 0.25) is 0 Å². The van der Waals surface area contributed by atoms with Crippen LogP contribution in [0.3, 0.4) is 0 Å². The second-order valence-electron chi connectivity index (χ2n) is 2.54. The van der Waals surface area contributed by atoms with Crippen molar-refractivity contribution in [2.24, 2.45) is 0 Å². The van der Waals surface area contributed by atoms with Gasteiger partial charge in [0, 0.05) is 5.69 Å². The molecule has 0 spiro atoms. The van der Waals surface area contributed by atoms with Gasteiger partial charge in [0.2, 0.25) is 0 Å². The van der Waals surface area contributed by atoms with E-state index in [-0.39, 0.29) is 64.8 Å². The molecule has 7 nitrogen and oxygen atoms in total. The summed E-state index contributed by atoms with van der Waals surface area (Å²) < 4.78 is 63.9. The Kier molecular flexibility index (Phi) is 8.82. The Balaban J connectivity index is 0. The van der Waals surface area contributed by atoms with Gasteiger partial charge in [-0.05, 0) is 18.2 Å². The van der Waals surface area contributed by atoms with E-state index >= 15 is 0 Å². The van der Waals surface area contributed by atoms with Crippen molar-refractivity contribution in [1.29, 1.82) is 0 Å². The number of rotatable bonds is 3. The van der Waals surface area contributed by atoms with Gasteiger partial charge in [-0.1, -0.05) is 6.07 Å². The van der Waals surface area contributed by atoms with Gasteiger partial charge in [0.05, 0.1) is 4.90 Å². The van der Waals surface area contributed by atoms with Gasteiger partial charge in [-0.15, -0.1) is 0 Å². The van der Waals surface area contributed by atoms with Crippen LogP contribution in [0.4, 0.5) is 5.69 Å². The van der Waals surface area contributed by atoms with E-state index < -0.39 is 25.3 Å². The maximum atomic E-state index is 10.5. The maximum Gasteiger partial charge on any atom is 1.00 e. The Hall–Kier alpha value is 0.840. The molecule has 0 aromatic heterocycles. The molecule has 0 radical (unpaired) electrons. The van der Waals surface area contributed by atoms with Crippen molar-refractivity contribution < 1.29 is 85.1 Å². The van der Waals surface area contributed by atoms with Crippen molar-refractivity contribution in [1.82, 2.24) is 0 Å². The Morgan fingerprint density at radius 2 is 1.53 bits per heavy atom. The molecule has 1 aromatic carbocycles. The summed E-state index contributed by atoms with van der Waals surface area (Å²) in [5.41, 5.74) is -0.276. The van der Waals surface area contributed by atoms with E-state index in [0.717, 1.165) is 24.3 Å². The molecular weight excluding hydrogens is 292 g/mol. The monoisotopic (exact) mass is 297 g/mol. The molecule has 0 aliphatic carbocycles. The minimum Gasteiger partial charge on any atom is -0.744 e. The van der Waals surface area contributed by atoms with Crippen molar-refractivity contribution in [3.63, 3.8) is 0 Å². The van der Waals surface area contributed by atoms with Crippen molar-refractivity contribution >= 4 is 26.1 Å². The number of hydrogen-bond donors (Lipinski definition) is 1. The molecule has 1 aromatic rings. The average Bonchev–Trinajstić information content (AvgIpc) is 1.99. The zero-order chi connectivity index (χ0) is 11.7. The van der Waals surface area contributed by atoms with Crippen molar-refractivity contribution in [3.8, 4) is 0 Å².